The highest BCUT2D eigenvalue weighted by atomic mass is 16.6. The highest BCUT2D eigenvalue weighted by Crippen LogP contribution is 2.18. The average Bonchev–Trinajstić information content (AvgIpc) is 3.41. The van der Waals surface area contributed by atoms with E-state index in [0.717, 1.165) is 83.5 Å². The normalized spacial score (nSPS) is 12.3. The van der Waals surface area contributed by atoms with Gasteiger partial charge in [0.05, 0.1) is 0 Å². The number of esters is 3. The first-order chi connectivity index (χ1) is 37.0. The Bertz CT molecular complexity index is 1300. The van der Waals surface area contributed by atoms with Gasteiger partial charge >= 0.3 is 17.9 Å². The number of hydrogen-bond donors (Lipinski definition) is 0. The Morgan fingerprint density at radius 3 is 0.813 bits per heavy atom. The summed E-state index contributed by atoms with van der Waals surface area (Å²) in [5.74, 6) is -0.852. The highest BCUT2D eigenvalue weighted by molar-refractivity contribution is 5.71. The molecule has 0 aromatic rings. The molecule has 0 rings (SSSR count). The van der Waals surface area contributed by atoms with Crippen molar-refractivity contribution in [3.63, 3.8) is 0 Å². The van der Waals surface area contributed by atoms with Crippen molar-refractivity contribution >= 4 is 17.9 Å². The molecule has 0 fully saturated rings. The van der Waals surface area contributed by atoms with Gasteiger partial charge in [0.2, 0.25) is 0 Å². The second-order valence-corrected chi connectivity index (χ2v) is 22.4. The van der Waals surface area contributed by atoms with Gasteiger partial charge in [0.25, 0.3) is 0 Å². The average molecular weight is 1050 g/mol. The SMILES string of the molecule is CC/C=C\C/C=C\C/C=C\C/C=C\CCCCCCCCCCCCCCCCC(=O)OCC(COC(=O)CCCCCCCCC)OC(=O)CCCCCCCCCCCCCCCCCCCCCCCCC. The summed E-state index contributed by atoms with van der Waals surface area (Å²) in [6.45, 7) is 6.54. The second kappa shape index (κ2) is 63.9. The van der Waals surface area contributed by atoms with Crippen LogP contribution in [0.3, 0.4) is 0 Å². The van der Waals surface area contributed by atoms with Gasteiger partial charge in [-0.05, 0) is 57.8 Å². The van der Waals surface area contributed by atoms with Gasteiger partial charge in [-0.25, -0.2) is 0 Å². The number of allylic oxidation sites excluding steroid dienone is 8. The first kappa shape index (κ1) is 72.4. The van der Waals surface area contributed by atoms with Crippen molar-refractivity contribution in [1.29, 1.82) is 0 Å². The Hall–Kier alpha value is -2.63. The van der Waals surface area contributed by atoms with Crippen LogP contribution >= 0.6 is 0 Å². The molecule has 0 bridgehead atoms. The van der Waals surface area contributed by atoms with Crippen molar-refractivity contribution in [3.05, 3.63) is 48.6 Å². The van der Waals surface area contributed by atoms with Crippen LogP contribution in [0.2, 0.25) is 0 Å². The quantitative estimate of drug-likeness (QED) is 0.0261. The lowest BCUT2D eigenvalue weighted by Gasteiger charge is -2.18. The first-order valence-electron chi connectivity index (χ1n) is 33.1. The number of unbranched alkanes of at least 4 members (excludes halogenated alkanes) is 42. The van der Waals surface area contributed by atoms with Crippen LogP contribution < -0.4 is 0 Å². The van der Waals surface area contributed by atoms with E-state index in [9.17, 15) is 14.4 Å². The van der Waals surface area contributed by atoms with Crippen LogP contribution in [0.5, 0.6) is 0 Å². The third-order valence-corrected chi connectivity index (χ3v) is 14.8. The molecule has 438 valence electrons. The Labute approximate surface area is 467 Å². The van der Waals surface area contributed by atoms with Crippen LogP contribution in [0.1, 0.15) is 355 Å². The molecule has 0 aromatic heterocycles. The first-order valence-corrected chi connectivity index (χ1v) is 33.1. The molecule has 0 aliphatic heterocycles. The highest BCUT2D eigenvalue weighted by Gasteiger charge is 2.19. The van der Waals surface area contributed by atoms with E-state index >= 15 is 0 Å². The zero-order chi connectivity index (χ0) is 54.3. The van der Waals surface area contributed by atoms with Crippen LogP contribution in [-0.4, -0.2) is 37.2 Å². The summed E-state index contributed by atoms with van der Waals surface area (Å²) in [5.41, 5.74) is 0. The van der Waals surface area contributed by atoms with Crippen LogP contribution in [0, 0.1) is 0 Å². The molecule has 0 saturated heterocycles. The number of ether oxygens (including phenoxy) is 3. The Morgan fingerprint density at radius 1 is 0.280 bits per heavy atom. The molecular formula is C69H126O6. The molecule has 0 aliphatic rings. The molecular weight excluding hydrogens is 925 g/mol. The number of hydrogen-bond acceptors (Lipinski definition) is 6. The molecule has 0 spiro atoms. The molecule has 0 aromatic carbocycles. The molecule has 1 atom stereocenters. The summed E-state index contributed by atoms with van der Waals surface area (Å²) in [7, 11) is 0. The molecule has 0 saturated carbocycles. The zero-order valence-corrected chi connectivity index (χ0v) is 50.3. The van der Waals surface area contributed by atoms with Gasteiger partial charge in [-0.2, -0.15) is 0 Å². The fourth-order valence-corrected chi connectivity index (χ4v) is 9.91. The molecule has 75 heavy (non-hydrogen) atoms. The molecule has 6 heteroatoms. The third-order valence-electron chi connectivity index (χ3n) is 14.8. The van der Waals surface area contributed by atoms with Gasteiger partial charge < -0.3 is 14.2 Å². The van der Waals surface area contributed by atoms with Crippen molar-refractivity contribution in [2.24, 2.45) is 0 Å². The molecule has 0 radical (unpaired) electrons. The van der Waals surface area contributed by atoms with E-state index in [4.69, 9.17) is 14.2 Å². The minimum Gasteiger partial charge on any atom is -0.462 e. The van der Waals surface area contributed by atoms with Gasteiger partial charge in [0.1, 0.15) is 13.2 Å². The summed E-state index contributed by atoms with van der Waals surface area (Å²) in [5, 5.41) is 0. The Balaban J connectivity index is 4.06. The van der Waals surface area contributed by atoms with Crippen molar-refractivity contribution in [1.82, 2.24) is 0 Å². The third kappa shape index (κ3) is 62.1. The van der Waals surface area contributed by atoms with Crippen molar-refractivity contribution in [3.8, 4) is 0 Å². The predicted octanol–water partition coefficient (Wildman–Crippen LogP) is 22.6. The zero-order valence-electron chi connectivity index (χ0n) is 50.3. The maximum Gasteiger partial charge on any atom is 0.306 e. The van der Waals surface area contributed by atoms with E-state index in [2.05, 4.69) is 69.4 Å². The van der Waals surface area contributed by atoms with Crippen LogP contribution in [0.25, 0.3) is 0 Å². The molecule has 0 amide bonds. The fraction of sp³-hybridized carbons (Fsp3) is 0.841. The topological polar surface area (TPSA) is 78.9 Å². The van der Waals surface area contributed by atoms with Gasteiger partial charge in [-0.15, -0.1) is 0 Å². The van der Waals surface area contributed by atoms with Crippen LogP contribution in [0.15, 0.2) is 48.6 Å². The standard InChI is InChI=1S/C69H126O6/c1-4-7-10-13-16-18-20-22-24-26-28-30-32-33-34-35-37-38-40-42-44-46-48-50-53-56-59-62-68(71)74-65-66(64-73-67(70)61-58-55-52-15-12-9-6-3)75-69(72)63-60-57-54-51-49-47-45-43-41-39-36-31-29-27-25-23-21-19-17-14-11-8-5-2/h7,10,16,18,22,24,28,30,66H,4-6,8-9,11-15,17,19-21,23,25-27,29,31-65H2,1-3H3/b10-7-,18-16-,24-22-,30-28-. The molecule has 0 aliphatic carbocycles. The maximum absolute atomic E-state index is 12.9. The smallest absolute Gasteiger partial charge is 0.306 e. The number of carbonyl (C=O) groups is 3. The molecule has 6 nitrogen and oxygen atoms in total. The Morgan fingerprint density at radius 2 is 0.520 bits per heavy atom. The summed E-state index contributed by atoms with van der Waals surface area (Å²) in [4.78, 5) is 38.1. The van der Waals surface area contributed by atoms with Gasteiger partial charge in [0, 0.05) is 19.3 Å². The summed E-state index contributed by atoms with van der Waals surface area (Å²) in [6, 6.07) is 0. The predicted molar refractivity (Wildman–Crippen MR) is 325 cm³/mol. The number of rotatable bonds is 61. The lowest BCUT2D eigenvalue weighted by atomic mass is 10.0. The van der Waals surface area contributed by atoms with Gasteiger partial charge in [-0.3, -0.25) is 14.4 Å². The van der Waals surface area contributed by atoms with Crippen LogP contribution in [-0.2, 0) is 28.6 Å². The Kier molecular flexibility index (Phi) is 61.7. The van der Waals surface area contributed by atoms with Crippen LogP contribution in [0.4, 0.5) is 0 Å². The van der Waals surface area contributed by atoms with Crippen molar-refractivity contribution in [2.45, 2.75) is 361 Å². The van der Waals surface area contributed by atoms with E-state index in [-0.39, 0.29) is 31.1 Å². The minimum absolute atomic E-state index is 0.0679. The molecule has 0 N–H and O–H groups in total. The summed E-state index contributed by atoms with van der Waals surface area (Å²) in [6.07, 6.45) is 80.2. The molecule has 0 heterocycles. The van der Waals surface area contributed by atoms with Crippen molar-refractivity contribution < 1.29 is 28.6 Å². The molecule has 1 unspecified atom stereocenters. The van der Waals surface area contributed by atoms with E-state index in [1.807, 2.05) is 0 Å². The monoisotopic (exact) mass is 1050 g/mol. The lowest BCUT2D eigenvalue weighted by Crippen LogP contribution is -2.30. The lowest BCUT2D eigenvalue weighted by molar-refractivity contribution is -0.167. The van der Waals surface area contributed by atoms with E-state index in [0.29, 0.717) is 19.3 Å². The van der Waals surface area contributed by atoms with E-state index in [1.54, 1.807) is 0 Å². The number of carbonyl (C=O) groups excluding carboxylic acids is 3. The van der Waals surface area contributed by atoms with Gasteiger partial charge in [0.15, 0.2) is 6.10 Å². The fourth-order valence-electron chi connectivity index (χ4n) is 9.91. The summed E-state index contributed by atoms with van der Waals surface area (Å²) >= 11 is 0. The van der Waals surface area contributed by atoms with E-state index < -0.39 is 6.10 Å². The minimum atomic E-state index is -0.768. The second-order valence-electron chi connectivity index (χ2n) is 22.4. The largest absolute Gasteiger partial charge is 0.462 e. The maximum atomic E-state index is 12.9. The summed E-state index contributed by atoms with van der Waals surface area (Å²) < 4.78 is 16.9. The van der Waals surface area contributed by atoms with Gasteiger partial charge in [-0.1, -0.05) is 326 Å². The van der Waals surface area contributed by atoms with Crippen molar-refractivity contribution in [2.75, 3.05) is 13.2 Å². The van der Waals surface area contributed by atoms with E-state index in [1.165, 1.54) is 231 Å².